The molecule has 0 fully saturated rings. The molecule has 3 aromatic heterocycles. The monoisotopic (exact) mass is 457 g/mol. The van der Waals surface area contributed by atoms with Crippen molar-refractivity contribution in [3.05, 3.63) is 66.2 Å². The van der Waals surface area contributed by atoms with Crippen LogP contribution in [0.3, 0.4) is 0 Å². The summed E-state index contributed by atoms with van der Waals surface area (Å²) in [6, 6.07) is 10.5. The van der Waals surface area contributed by atoms with Crippen LogP contribution < -0.4 is 4.90 Å². The Labute approximate surface area is 198 Å². The highest BCUT2D eigenvalue weighted by Gasteiger charge is 2.34. The molecule has 0 bridgehead atoms. The number of rotatable bonds is 4. The average Bonchev–Trinajstić information content (AvgIpc) is 3.49. The first-order valence-electron chi connectivity index (χ1n) is 11.2. The number of thiazole rings is 1. The highest BCUT2D eigenvalue weighted by molar-refractivity contribution is 7.13. The summed E-state index contributed by atoms with van der Waals surface area (Å²) in [6.07, 6.45) is 8.56. The number of benzene rings is 1. The van der Waals surface area contributed by atoms with Crippen molar-refractivity contribution in [3.8, 4) is 27.6 Å². The fraction of sp³-hybridized carbons (Fsp3) is 0.308. The van der Waals surface area contributed by atoms with Gasteiger partial charge in [-0.25, -0.2) is 15.0 Å². The lowest BCUT2D eigenvalue weighted by Gasteiger charge is -2.30. The third kappa shape index (κ3) is 3.97. The molecule has 1 aliphatic heterocycles. The molecule has 4 aromatic rings. The average molecular weight is 458 g/mol. The molecule has 1 amide bonds. The fourth-order valence-corrected chi connectivity index (χ4v) is 5.27. The predicted octanol–water partition coefficient (Wildman–Crippen LogP) is 5.87. The summed E-state index contributed by atoms with van der Waals surface area (Å²) in [5.74, 6) is 1.01. The maximum atomic E-state index is 12.8. The molecule has 0 saturated heterocycles. The highest BCUT2D eigenvalue weighted by Crippen LogP contribution is 2.42. The number of carbonyl (C=O) groups excluding carboxylic acids is 1. The van der Waals surface area contributed by atoms with E-state index in [1.807, 2.05) is 27.8 Å². The molecule has 0 unspecified atom stereocenters. The van der Waals surface area contributed by atoms with Crippen LogP contribution >= 0.6 is 11.3 Å². The van der Waals surface area contributed by atoms with Gasteiger partial charge < -0.3 is 4.90 Å². The number of carbonyl (C=O) groups is 1. The van der Waals surface area contributed by atoms with Gasteiger partial charge in [-0.2, -0.15) is 0 Å². The van der Waals surface area contributed by atoms with Crippen molar-refractivity contribution in [3.63, 3.8) is 0 Å². The standard InChI is InChI=1S/C26H27N5OS/c1-17(2)31-22-6-5-18(13-20(22)26(3,4)9-7-24(31)32)21-15-33-25(29-21)19-8-10-28-23(14-19)30-12-11-27-16-30/h5-6,8,10-17H,7,9H2,1-4H3. The first-order chi connectivity index (χ1) is 15.8. The molecule has 0 radical (unpaired) electrons. The van der Waals surface area contributed by atoms with Gasteiger partial charge in [-0.3, -0.25) is 9.36 Å². The van der Waals surface area contributed by atoms with Gasteiger partial charge in [-0.05, 0) is 55.5 Å². The quantitative estimate of drug-likeness (QED) is 0.384. The molecule has 0 spiro atoms. The Morgan fingerprint density at radius 2 is 1.94 bits per heavy atom. The number of imidazole rings is 1. The van der Waals surface area contributed by atoms with E-state index < -0.39 is 0 Å². The zero-order valence-corrected chi connectivity index (χ0v) is 20.1. The Bertz CT molecular complexity index is 1310. The molecule has 0 aliphatic carbocycles. The molecule has 5 rings (SSSR count). The van der Waals surface area contributed by atoms with Crippen LogP contribution in [-0.2, 0) is 10.2 Å². The minimum atomic E-state index is -0.0890. The van der Waals surface area contributed by atoms with Gasteiger partial charge in [0.1, 0.15) is 17.2 Å². The summed E-state index contributed by atoms with van der Waals surface area (Å²) in [5.41, 5.74) is 5.19. The summed E-state index contributed by atoms with van der Waals surface area (Å²) >= 11 is 1.62. The van der Waals surface area contributed by atoms with Crippen LogP contribution in [0.5, 0.6) is 0 Å². The molecule has 4 heterocycles. The van der Waals surface area contributed by atoms with Crippen LogP contribution in [0.4, 0.5) is 5.69 Å². The van der Waals surface area contributed by atoms with E-state index in [2.05, 4.69) is 61.2 Å². The van der Waals surface area contributed by atoms with Gasteiger partial charge in [-0.1, -0.05) is 19.9 Å². The second-order valence-electron chi connectivity index (χ2n) is 9.38. The van der Waals surface area contributed by atoms with Crippen molar-refractivity contribution < 1.29 is 4.79 Å². The molecule has 0 atom stereocenters. The number of nitrogens with zero attached hydrogens (tertiary/aromatic N) is 5. The van der Waals surface area contributed by atoms with E-state index in [0.29, 0.717) is 6.42 Å². The molecule has 1 aliphatic rings. The van der Waals surface area contributed by atoms with Crippen LogP contribution in [-0.4, -0.2) is 31.5 Å². The lowest BCUT2D eigenvalue weighted by molar-refractivity contribution is -0.119. The number of aromatic nitrogens is 4. The lowest BCUT2D eigenvalue weighted by atomic mass is 9.79. The SMILES string of the molecule is CC(C)N1C(=O)CCC(C)(C)c2cc(-c3csc(-c4ccnc(-n5ccnc5)c4)n3)ccc21. The topological polar surface area (TPSA) is 63.9 Å². The third-order valence-corrected chi connectivity index (χ3v) is 7.19. The molecule has 168 valence electrons. The third-order valence-electron chi connectivity index (χ3n) is 6.30. The van der Waals surface area contributed by atoms with E-state index in [-0.39, 0.29) is 17.4 Å². The largest absolute Gasteiger partial charge is 0.310 e. The molecule has 7 heteroatoms. The predicted molar refractivity (Wildman–Crippen MR) is 133 cm³/mol. The van der Waals surface area contributed by atoms with E-state index in [4.69, 9.17) is 4.98 Å². The Kier molecular flexibility index (Phi) is 5.37. The Balaban J connectivity index is 1.53. The van der Waals surface area contributed by atoms with Crippen molar-refractivity contribution in [2.45, 2.75) is 52.0 Å². The minimum Gasteiger partial charge on any atom is -0.310 e. The van der Waals surface area contributed by atoms with Crippen LogP contribution in [0.1, 0.15) is 46.1 Å². The number of hydrogen-bond donors (Lipinski definition) is 0. The van der Waals surface area contributed by atoms with Crippen LogP contribution in [0.15, 0.2) is 60.6 Å². The van der Waals surface area contributed by atoms with E-state index in [1.165, 1.54) is 5.56 Å². The molecule has 6 nitrogen and oxygen atoms in total. The Hall–Kier alpha value is -3.32. The van der Waals surface area contributed by atoms with Gasteiger partial charge in [0.2, 0.25) is 5.91 Å². The van der Waals surface area contributed by atoms with Crippen molar-refractivity contribution >= 4 is 22.9 Å². The Morgan fingerprint density at radius 3 is 2.70 bits per heavy atom. The number of fused-ring (bicyclic) bond motifs is 1. The molecule has 1 aromatic carbocycles. The van der Waals surface area contributed by atoms with Gasteiger partial charge in [0.05, 0.1) is 5.69 Å². The Morgan fingerprint density at radius 1 is 1.09 bits per heavy atom. The smallest absolute Gasteiger partial charge is 0.227 e. The summed E-state index contributed by atoms with van der Waals surface area (Å²) in [5, 5.41) is 3.05. The van der Waals surface area contributed by atoms with Crippen molar-refractivity contribution in [2.24, 2.45) is 0 Å². The number of amides is 1. The van der Waals surface area contributed by atoms with Crippen molar-refractivity contribution in [1.82, 2.24) is 19.5 Å². The van der Waals surface area contributed by atoms with Crippen molar-refractivity contribution in [1.29, 1.82) is 0 Å². The summed E-state index contributed by atoms with van der Waals surface area (Å²) in [4.78, 5) is 28.3. The summed E-state index contributed by atoms with van der Waals surface area (Å²) in [7, 11) is 0. The molecule has 33 heavy (non-hydrogen) atoms. The van der Waals surface area contributed by atoms with Crippen molar-refractivity contribution in [2.75, 3.05) is 4.90 Å². The van der Waals surface area contributed by atoms with Gasteiger partial charge in [-0.15, -0.1) is 11.3 Å². The second kappa shape index (κ2) is 8.23. The zero-order chi connectivity index (χ0) is 23.2. The van der Waals surface area contributed by atoms with Crippen LogP contribution in [0, 0.1) is 0 Å². The minimum absolute atomic E-state index is 0.0890. The van der Waals surface area contributed by atoms with Crippen LogP contribution in [0.2, 0.25) is 0 Å². The first-order valence-corrected chi connectivity index (χ1v) is 12.1. The van der Waals surface area contributed by atoms with Gasteiger partial charge in [0, 0.05) is 53.2 Å². The maximum Gasteiger partial charge on any atom is 0.227 e. The number of hydrogen-bond acceptors (Lipinski definition) is 5. The van der Waals surface area contributed by atoms with Gasteiger partial charge in [0.25, 0.3) is 0 Å². The summed E-state index contributed by atoms with van der Waals surface area (Å²) in [6.45, 7) is 8.61. The van der Waals surface area contributed by atoms with Crippen LogP contribution in [0.25, 0.3) is 27.6 Å². The molecule has 0 N–H and O–H groups in total. The number of pyridine rings is 1. The van der Waals surface area contributed by atoms with E-state index in [1.54, 1.807) is 30.1 Å². The van der Waals surface area contributed by atoms with E-state index in [9.17, 15) is 4.79 Å². The molecular weight excluding hydrogens is 430 g/mol. The number of anilines is 1. The maximum absolute atomic E-state index is 12.8. The summed E-state index contributed by atoms with van der Waals surface area (Å²) < 4.78 is 1.88. The first kappa shape index (κ1) is 21.5. The zero-order valence-electron chi connectivity index (χ0n) is 19.3. The second-order valence-corrected chi connectivity index (χ2v) is 10.2. The van der Waals surface area contributed by atoms with E-state index in [0.717, 1.165) is 39.8 Å². The lowest BCUT2D eigenvalue weighted by Crippen LogP contribution is -2.36. The van der Waals surface area contributed by atoms with Gasteiger partial charge >= 0.3 is 0 Å². The molecule has 0 saturated carbocycles. The molecular formula is C26H27N5OS. The highest BCUT2D eigenvalue weighted by atomic mass is 32.1. The normalized spacial score (nSPS) is 15.5. The van der Waals surface area contributed by atoms with E-state index >= 15 is 0 Å². The van der Waals surface area contributed by atoms with Gasteiger partial charge in [0.15, 0.2) is 0 Å². The fourth-order valence-electron chi connectivity index (χ4n) is 4.45.